The van der Waals surface area contributed by atoms with Gasteiger partial charge in [-0.1, -0.05) is 6.92 Å². The van der Waals surface area contributed by atoms with E-state index in [-0.39, 0.29) is 18.6 Å². The van der Waals surface area contributed by atoms with Gasteiger partial charge < -0.3 is 23.5 Å². The van der Waals surface area contributed by atoms with Crippen molar-refractivity contribution in [2.24, 2.45) is 7.05 Å². The molecule has 0 bridgehead atoms. The molecule has 176 valence electrons. The third-order valence-corrected chi connectivity index (χ3v) is 5.84. The number of likely N-dealkylation sites (tertiary alicyclic amines) is 1. The Morgan fingerprint density at radius 2 is 2.15 bits per heavy atom. The summed E-state index contributed by atoms with van der Waals surface area (Å²) in [4.78, 5) is 31.3. The number of methoxy groups -OCH3 is 1. The monoisotopic (exact) mass is 474 g/mol. The fourth-order valence-electron chi connectivity index (χ4n) is 3.82. The minimum absolute atomic E-state index is 0.0207. The number of aryl methyl sites for hydroxylation is 1. The molecule has 1 fully saturated rings. The van der Waals surface area contributed by atoms with Crippen molar-refractivity contribution in [3.63, 3.8) is 0 Å². The zero-order valence-corrected chi connectivity index (χ0v) is 19.3. The van der Waals surface area contributed by atoms with E-state index in [0.29, 0.717) is 59.4 Å². The fourth-order valence-corrected chi connectivity index (χ4v) is 4.10. The standard InChI is InChI=1S/C20H25N7O5S/c1-4-15(28)27-6-5-14(10-27)32-20-16-18(22-11-23-20)26(2)17(25-16)12-7-13(9-24-33(29)30)19(31-3)21-8-12/h7-8,11,14,24H,4-6,9-10H2,1-3H3,(H,29,30)/p-1. The summed E-state index contributed by atoms with van der Waals surface area (Å²) in [5.41, 5.74) is 2.27. The van der Waals surface area contributed by atoms with Gasteiger partial charge in [-0.2, -0.15) is 4.98 Å². The van der Waals surface area contributed by atoms with Gasteiger partial charge in [0.1, 0.15) is 18.3 Å². The van der Waals surface area contributed by atoms with E-state index in [0.717, 1.165) is 6.42 Å². The van der Waals surface area contributed by atoms with Gasteiger partial charge in [0, 0.05) is 61.6 Å². The summed E-state index contributed by atoms with van der Waals surface area (Å²) in [6, 6.07) is 1.76. The van der Waals surface area contributed by atoms with Gasteiger partial charge in [0.2, 0.25) is 17.7 Å². The van der Waals surface area contributed by atoms with Gasteiger partial charge in [0.05, 0.1) is 13.7 Å². The summed E-state index contributed by atoms with van der Waals surface area (Å²) in [6.07, 6.45) is 4.02. The molecule has 1 aliphatic rings. The van der Waals surface area contributed by atoms with Crippen molar-refractivity contribution >= 4 is 28.3 Å². The number of hydrogen-bond donors (Lipinski definition) is 1. The molecule has 0 saturated carbocycles. The van der Waals surface area contributed by atoms with Crippen molar-refractivity contribution in [1.82, 2.24) is 34.1 Å². The molecule has 1 saturated heterocycles. The molecule has 0 aliphatic carbocycles. The Hall–Kier alpha value is -3.16. The Morgan fingerprint density at radius 3 is 2.88 bits per heavy atom. The molecule has 2 unspecified atom stereocenters. The van der Waals surface area contributed by atoms with Crippen LogP contribution in [0.25, 0.3) is 22.6 Å². The van der Waals surface area contributed by atoms with Crippen molar-refractivity contribution in [3.05, 3.63) is 24.2 Å². The number of hydrogen-bond acceptors (Lipinski definition) is 9. The minimum Gasteiger partial charge on any atom is -0.760 e. The van der Waals surface area contributed by atoms with Crippen LogP contribution in [0.4, 0.5) is 0 Å². The minimum atomic E-state index is -2.42. The van der Waals surface area contributed by atoms with Crippen molar-refractivity contribution in [1.29, 1.82) is 0 Å². The van der Waals surface area contributed by atoms with Gasteiger partial charge in [-0.3, -0.25) is 9.00 Å². The van der Waals surface area contributed by atoms with E-state index >= 15 is 0 Å². The number of nitrogens with one attached hydrogen (secondary N) is 1. The second kappa shape index (κ2) is 9.77. The maximum atomic E-state index is 12.0. The maximum Gasteiger partial charge on any atom is 0.245 e. The number of fused-ring (bicyclic) bond motifs is 1. The Labute approximate surface area is 192 Å². The summed E-state index contributed by atoms with van der Waals surface area (Å²) in [5, 5.41) is 0. The molecule has 1 amide bonds. The first-order valence-corrected chi connectivity index (χ1v) is 11.5. The topological polar surface area (TPSA) is 147 Å². The Balaban J connectivity index is 1.64. The number of amides is 1. The van der Waals surface area contributed by atoms with Crippen molar-refractivity contribution in [2.45, 2.75) is 32.4 Å². The second-order valence-corrected chi connectivity index (χ2v) is 8.27. The van der Waals surface area contributed by atoms with Gasteiger partial charge in [-0.25, -0.2) is 19.7 Å². The lowest BCUT2D eigenvalue weighted by Crippen LogP contribution is -2.30. The van der Waals surface area contributed by atoms with Gasteiger partial charge in [0.25, 0.3) is 0 Å². The molecule has 4 rings (SSSR count). The van der Waals surface area contributed by atoms with E-state index in [4.69, 9.17) is 14.5 Å². The largest absolute Gasteiger partial charge is 0.760 e. The number of carbonyl (C=O) groups excluding carboxylic acids is 1. The average molecular weight is 475 g/mol. The van der Waals surface area contributed by atoms with E-state index in [2.05, 4.69) is 19.7 Å². The highest BCUT2D eigenvalue weighted by Gasteiger charge is 2.28. The summed E-state index contributed by atoms with van der Waals surface area (Å²) in [6.45, 7) is 3.03. The summed E-state index contributed by atoms with van der Waals surface area (Å²) >= 11 is -2.42. The summed E-state index contributed by atoms with van der Waals surface area (Å²) in [5.74, 6) is 1.32. The van der Waals surface area contributed by atoms with Gasteiger partial charge in [0.15, 0.2) is 11.2 Å². The van der Waals surface area contributed by atoms with Crippen LogP contribution < -0.4 is 14.2 Å². The Kier molecular flexibility index (Phi) is 6.81. The lowest BCUT2D eigenvalue weighted by Gasteiger charge is -2.16. The average Bonchev–Trinajstić information content (AvgIpc) is 3.42. The zero-order chi connectivity index (χ0) is 23.5. The summed E-state index contributed by atoms with van der Waals surface area (Å²) < 4.78 is 37.3. The smallest absolute Gasteiger partial charge is 0.245 e. The van der Waals surface area contributed by atoms with Crippen LogP contribution >= 0.6 is 0 Å². The van der Waals surface area contributed by atoms with Crippen LogP contribution in [0.2, 0.25) is 0 Å². The second-order valence-electron chi connectivity index (χ2n) is 7.52. The van der Waals surface area contributed by atoms with Gasteiger partial charge >= 0.3 is 0 Å². The Morgan fingerprint density at radius 1 is 1.33 bits per heavy atom. The number of rotatable bonds is 8. The van der Waals surface area contributed by atoms with Gasteiger partial charge in [-0.15, -0.1) is 0 Å². The first-order valence-electron chi connectivity index (χ1n) is 10.4. The quantitative estimate of drug-likeness (QED) is 0.466. The van der Waals surface area contributed by atoms with Crippen LogP contribution in [0, 0.1) is 0 Å². The molecule has 12 nitrogen and oxygen atoms in total. The maximum absolute atomic E-state index is 12.0. The number of carbonyl (C=O) groups is 1. The van der Waals surface area contributed by atoms with E-state index in [9.17, 15) is 13.6 Å². The van der Waals surface area contributed by atoms with Crippen molar-refractivity contribution < 1.29 is 23.0 Å². The first-order chi connectivity index (χ1) is 15.9. The highest BCUT2D eigenvalue weighted by molar-refractivity contribution is 7.77. The number of imidazole rings is 1. The zero-order valence-electron chi connectivity index (χ0n) is 18.5. The molecule has 0 radical (unpaired) electrons. The van der Waals surface area contributed by atoms with E-state index in [1.807, 2.05) is 14.0 Å². The Bertz CT molecular complexity index is 1200. The van der Waals surface area contributed by atoms with E-state index in [1.165, 1.54) is 13.4 Å². The predicted molar refractivity (Wildman–Crippen MR) is 118 cm³/mol. The van der Waals surface area contributed by atoms with Crippen LogP contribution in [0.3, 0.4) is 0 Å². The molecular formula is C20H24N7O5S-. The van der Waals surface area contributed by atoms with Crippen molar-refractivity contribution in [2.75, 3.05) is 20.2 Å². The fraction of sp³-hybridized carbons (Fsp3) is 0.450. The highest BCUT2D eigenvalue weighted by atomic mass is 32.2. The van der Waals surface area contributed by atoms with Crippen LogP contribution in [-0.2, 0) is 29.7 Å². The SMILES string of the molecule is CCC(=O)N1CCC(Oc2ncnc3c2nc(-c2cnc(OC)c(CNS(=O)[O-])c2)n3C)C1. The van der Waals surface area contributed by atoms with Crippen LogP contribution in [-0.4, -0.2) is 70.4 Å². The normalized spacial score (nSPS) is 16.8. The van der Waals surface area contributed by atoms with E-state index in [1.54, 1.807) is 21.7 Å². The molecule has 4 heterocycles. The molecule has 1 aliphatic heterocycles. The number of nitrogens with zero attached hydrogens (tertiary/aromatic N) is 6. The molecule has 2 atom stereocenters. The number of aromatic nitrogens is 5. The van der Waals surface area contributed by atoms with Crippen LogP contribution in [0.5, 0.6) is 11.8 Å². The molecular weight excluding hydrogens is 450 g/mol. The lowest BCUT2D eigenvalue weighted by atomic mass is 10.2. The molecule has 0 spiro atoms. The first kappa shape index (κ1) is 23.0. The molecule has 3 aromatic rings. The summed E-state index contributed by atoms with van der Waals surface area (Å²) in [7, 11) is 3.28. The van der Waals surface area contributed by atoms with Crippen molar-refractivity contribution in [3.8, 4) is 23.1 Å². The molecule has 3 aromatic heterocycles. The highest BCUT2D eigenvalue weighted by Crippen LogP contribution is 2.30. The van der Waals surface area contributed by atoms with Crippen LogP contribution in [0.1, 0.15) is 25.3 Å². The van der Waals surface area contributed by atoms with Gasteiger partial charge in [-0.05, 0) is 6.07 Å². The third-order valence-electron chi connectivity index (χ3n) is 5.46. The van der Waals surface area contributed by atoms with E-state index < -0.39 is 11.3 Å². The molecule has 0 aromatic carbocycles. The number of ether oxygens (including phenoxy) is 2. The molecule has 1 N–H and O–H groups in total. The molecule has 13 heteroatoms. The third kappa shape index (κ3) is 4.79. The number of pyridine rings is 1. The lowest BCUT2D eigenvalue weighted by molar-refractivity contribution is -0.130. The molecule has 33 heavy (non-hydrogen) atoms. The predicted octanol–water partition coefficient (Wildman–Crippen LogP) is 0.707. The van der Waals surface area contributed by atoms with Crippen LogP contribution in [0.15, 0.2) is 18.6 Å².